The predicted molar refractivity (Wildman–Crippen MR) is 70.9 cm³/mol. The number of hydrogen-bond donors (Lipinski definition) is 0. The second-order valence-electron chi connectivity index (χ2n) is 3.30. The third kappa shape index (κ3) is 5.29. The number of hydrogen-bond acceptors (Lipinski definition) is 3. The Morgan fingerprint density at radius 3 is 2.19 bits per heavy atom. The maximum Gasteiger partial charge on any atom is 0.208 e. The molecule has 0 atom stereocenters. The van der Waals surface area contributed by atoms with Gasteiger partial charge in [-0.1, -0.05) is 12.7 Å². The second-order valence-corrected chi connectivity index (χ2v) is 3.30. The molecule has 0 saturated heterocycles. The van der Waals surface area contributed by atoms with Gasteiger partial charge in [-0.3, -0.25) is 4.99 Å². The van der Waals surface area contributed by atoms with Gasteiger partial charge in [0.2, 0.25) is 5.88 Å². The second kappa shape index (κ2) is 7.63. The molecule has 0 unspecified atom stereocenters. The summed E-state index contributed by atoms with van der Waals surface area (Å²) in [6.45, 7) is 11.5. The Balaban J connectivity index is 4.76. The van der Waals surface area contributed by atoms with Crippen LogP contribution < -0.4 is 0 Å². The minimum atomic E-state index is 0.576. The Kier molecular flexibility index (Phi) is 6.84. The van der Waals surface area contributed by atoms with Gasteiger partial charge in [0.05, 0.1) is 24.7 Å². The topological polar surface area (TPSA) is 34.0 Å². The van der Waals surface area contributed by atoms with Crippen LogP contribution in [0.15, 0.2) is 45.9 Å². The molecule has 0 aliphatic carbocycles. The first kappa shape index (κ1) is 14.4. The van der Waals surface area contributed by atoms with Gasteiger partial charge in [-0.15, -0.1) is 0 Å². The standard InChI is InChI=1S/C13H20N2O/c1-7-12(10(3)4)15-11(5)9-14-13(8-2)16-6/h7-9H,3H2,1-2,4-6H3/b12-7-,13-8+,14-9-,15-11-. The van der Waals surface area contributed by atoms with Gasteiger partial charge in [0.25, 0.3) is 0 Å². The quantitative estimate of drug-likeness (QED) is 0.396. The molecule has 0 aromatic rings. The van der Waals surface area contributed by atoms with Crippen LogP contribution in [0.3, 0.4) is 0 Å². The fraction of sp³-hybridized carbons (Fsp3) is 0.385. The smallest absolute Gasteiger partial charge is 0.208 e. The Morgan fingerprint density at radius 1 is 1.19 bits per heavy atom. The average Bonchev–Trinajstić information content (AvgIpc) is 2.26. The third-order valence-electron chi connectivity index (χ3n) is 1.84. The van der Waals surface area contributed by atoms with E-state index >= 15 is 0 Å². The molecule has 3 nitrogen and oxygen atoms in total. The third-order valence-corrected chi connectivity index (χ3v) is 1.84. The Labute approximate surface area is 98.0 Å². The zero-order valence-corrected chi connectivity index (χ0v) is 10.7. The molecule has 16 heavy (non-hydrogen) atoms. The van der Waals surface area contributed by atoms with Gasteiger partial charge in [-0.2, -0.15) is 0 Å². The maximum atomic E-state index is 5.00. The van der Waals surface area contributed by atoms with E-state index in [9.17, 15) is 0 Å². The van der Waals surface area contributed by atoms with E-state index in [1.54, 1.807) is 19.4 Å². The summed E-state index contributed by atoms with van der Waals surface area (Å²) in [5, 5.41) is 0. The van der Waals surface area contributed by atoms with E-state index in [1.165, 1.54) is 0 Å². The number of ether oxygens (including phenoxy) is 1. The molecule has 88 valence electrons. The van der Waals surface area contributed by atoms with Gasteiger partial charge in [0.1, 0.15) is 0 Å². The van der Waals surface area contributed by atoms with E-state index in [1.807, 2.05) is 33.8 Å². The van der Waals surface area contributed by atoms with Crippen molar-refractivity contribution in [2.24, 2.45) is 9.98 Å². The lowest BCUT2D eigenvalue weighted by molar-refractivity contribution is 0.288. The monoisotopic (exact) mass is 220 g/mol. The van der Waals surface area contributed by atoms with Crippen LogP contribution in [-0.2, 0) is 4.74 Å². The van der Waals surface area contributed by atoms with Crippen LogP contribution in [0.4, 0.5) is 0 Å². The van der Waals surface area contributed by atoms with Crippen molar-refractivity contribution in [1.82, 2.24) is 0 Å². The molecular weight excluding hydrogens is 200 g/mol. The number of aliphatic imine (C=N–C) groups is 2. The molecule has 0 amide bonds. The summed E-state index contributed by atoms with van der Waals surface area (Å²) in [6, 6.07) is 0. The molecule has 0 heterocycles. The SMILES string of the molecule is C=C(C)C(=C/C)/N=C(C)\C=N/C(=C\C)OC. The molecule has 0 aromatic carbocycles. The minimum Gasteiger partial charge on any atom is -0.481 e. The molecule has 0 N–H and O–H groups in total. The summed E-state index contributed by atoms with van der Waals surface area (Å²) in [7, 11) is 1.59. The highest BCUT2D eigenvalue weighted by Gasteiger charge is 1.94. The lowest BCUT2D eigenvalue weighted by atomic mass is 10.2. The molecule has 0 spiro atoms. The zero-order chi connectivity index (χ0) is 12.6. The molecular formula is C13H20N2O. The van der Waals surface area contributed by atoms with Gasteiger partial charge in [-0.05, 0) is 39.3 Å². The molecule has 0 aliphatic heterocycles. The van der Waals surface area contributed by atoms with Crippen LogP contribution in [0, 0.1) is 0 Å². The first-order valence-electron chi connectivity index (χ1n) is 5.17. The summed E-state index contributed by atoms with van der Waals surface area (Å²) in [6.07, 6.45) is 5.39. The van der Waals surface area contributed by atoms with E-state index in [0.717, 1.165) is 17.0 Å². The average molecular weight is 220 g/mol. The van der Waals surface area contributed by atoms with Crippen molar-refractivity contribution in [2.75, 3.05) is 7.11 Å². The van der Waals surface area contributed by atoms with E-state index in [2.05, 4.69) is 16.6 Å². The summed E-state index contributed by atoms with van der Waals surface area (Å²) in [5.74, 6) is 0.576. The Hall–Kier alpha value is -1.64. The van der Waals surface area contributed by atoms with Crippen molar-refractivity contribution in [1.29, 1.82) is 0 Å². The van der Waals surface area contributed by atoms with Gasteiger partial charge in [-0.25, -0.2) is 4.99 Å². The summed E-state index contributed by atoms with van der Waals surface area (Å²) < 4.78 is 5.00. The summed E-state index contributed by atoms with van der Waals surface area (Å²) in [5.41, 5.74) is 2.63. The molecule has 0 saturated carbocycles. The van der Waals surface area contributed by atoms with Gasteiger partial charge in [0.15, 0.2) is 0 Å². The van der Waals surface area contributed by atoms with Crippen molar-refractivity contribution in [2.45, 2.75) is 27.7 Å². The van der Waals surface area contributed by atoms with Gasteiger partial charge >= 0.3 is 0 Å². The molecule has 0 radical (unpaired) electrons. The molecule has 0 bridgehead atoms. The number of rotatable bonds is 5. The van der Waals surface area contributed by atoms with Crippen LogP contribution in [0.25, 0.3) is 0 Å². The van der Waals surface area contributed by atoms with E-state index < -0.39 is 0 Å². The van der Waals surface area contributed by atoms with Crippen molar-refractivity contribution in [3.05, 3.63) is 35.9 Å². The Morgan fingerprint density at radius 2 is 1.81 bits per heavy atom. The lowest BCUT2D eigenvalue weighted by Crippen LogP contribution is -1.96. The van der Waals surface area contributed by atoms with E-state index in [4.69, 9.17) is 4.74 Å². The molecule has 0 rings (SSSR count). The van der Waals surface area contributed by atoms with E-state index in [-0.39, 0.29) is 0 Å². The zero-order valence-electron chi connectivity index (χ0n) is 10.7. The van der Waals surface area contributed by atoms with Crippen LogP contribution in [0.5, 0.6) is 0 Å². The summed E-state index contributed by atoms with van der Waals surface area (Å²) in [4.78, 5) is 8.51. The molecule has 3 heteroatoms. The minimum absolute atomic E-state index is 0.576. The van der Waals surface area contributed by atoms with E-state index in [0.29, 0.717) is 5.88 Å². The highest BCUT2D eigenvalue weighted by molar-refractivity contribution is 6.30. The van der Waals surface area contributed by atoms with Crippen molar-refractivity contribution < 1.29 is 4.74 Å². The van der Waals surface area contributed by atoms with Crippen molar-refractivity contribution >= 4 is 11.9 Å². The number of allylic oxidation sites excluding steroid dienone is 3. The first-order chi connectivity index (χ1) is 7.54. The van der Waals surface area contributed by atoms with Gasteiger partial charge in [0, 0.05) is 0 Å². The van der Waals surface area contributed by atoms with Crippen LogP contribution >= 0.6 is 0 Å². The van der Waals surface area contributed by atoms with Crippen LogP contribution in [-0.4, -0.2) is 19.0 Å². The molecule has 0 fully saturated rings. The normalized spacial score (nSPS) is 14.4. The van der Waals surface area contributed by atoms with Crippen LogP contribution in [0.2, 0.25) is 0 Å². The fourth-order valence-electron chi connectivity index (χ4n) is 1.03. The summed E-state index contributed by atoms with van der Waals surface area (Å²) >= 11 is 0. The highest BCUT2D eigenvalue weighted by Crippen LogP contribution is 2.08. The predicted octanol–water partition coefficient (Wildman–Crippen LogP) is 3.51. The molecule has 0 aliphatic rings. The van der Waals surface area contributed by atoms with Gasteiger partial charge < -0.3 is 4.74 Å². The maximum absolute atomic E-state index is 5.00. The fourth-order valence-corrected chi connectivity index (χ4v) is 1.03. The number of methoxy groups -OCH3 is 1. The van der Waals surface area contributed by atoms with Crippen LogP contribution in [0.1, 0.15) is 27.7 Å². The number of nitrogens with zero attached hydrogens (tertiary/aromatic N) is 2. The Bertz CT molecular complexity index is 360. The van der Waals surface area contributed by atoms with Crippen molar-refractivity contribution in [3.8, 4) is 0 Å². The first-order valence-corrected chi connectivity index (χ1v) is 5.17. The lowest BCUT2D eigenvalue weighted by Gasteiger charge is -2.00. The largest absolute Gasteiger partial charge is 0.481 e. The van der Waals surface area contributed by atoms with Crippen molar-refractivity contribution in [3.63, 3.8) is 0 Å². The highest BCUT2D eigenvalue weighted by atomic mass is 16.5. The molecule has 0 aromatic heterocycles.